The molecular formula is C19H14N2O4. The Morgan fingerprint density at radius 2 is 1.72 bits per heavy atom. The summed E-state index contributed by atoms with van der Waals surface area (Å²) in [5, 5.41) is 20.0. The van der Waals surface area contributed by atoms with Crippen molar-refractivity contribution in [2.24, 2.45) is 0 Å². The molecule has 0 saturated carbocycles. The van der Waals surface area contributed by atoms with Gasteiger partial charge in [-0.1, -0.05) is 0 Å². The number of aromatic nitrogens is 1. The predicted molar refractivity (Wildman–Crippen MR) is 93.9 cm³/mol. The Balaban J connectivity index is 1.82. The molecule has 0 fully saturated rings. The van der Waals surface area contributed by atoms with Gasteiger partial charge in [-0.3, -0.25) is 14.9 Å². The lowest BCUT2D eigenvalue weighted by atomic mass is 10.1. The van der Waals surface area contributed by atoms with E-state index in [0.717, 1.165) is 11.4 Å². The van der Waals surface area contributed by atoms with Crippen molar-refractivity contribution in [2.75, 3.05) is 0 Å². The van der Waals surface area contributed by atoms with Crippen LogP contribution in [0, 0.1) is 10.1 Å². The molecule has 124 valence electrons. The van der Waals surface area contributed by atoms with E-state index in [-0.39, 0.29) is 17.2 Å². The summed E-state index contributed by atoms with van der Waals surface area (Å²) in [5.74, 6) is -0.0796. The molecule has 25 heavy (non-hydrogen) atoms. The van der Waals surface area contributed by atoms with Gasteiger partial charge in [0.15, 0.2) is 5.78 Å². The van der Waals surface area contributed by atoms with Crippen molar-refractivity contribution in [2.45, 2.75) is 0 Å². The SMILES string of the molecule is O=C(/C=C/c1cccn1-c1ccc([N+](=O)[O-])cc1)c1ccc(O)cc1. The number of phenolic OH excluding ortho intramolecular Hbond substituents is 1. The summed E-state index contributed by atoms with van der Waals surface area (Å²) in [6, 6.07) is 15.9. The number of non-ortho nitro benzene ring substituents is 1. The number of hydrogen-bond donors (Lipinski definition) is 1. The Bertz CT molecular complexity index is 938. The van der Waals surface area contributed by atoms with E-state index in [0.29, 0.717) is 5.56 Å². The second-order valence-corrected chi connectivity index (χ2v) is 5.32. The van der Waals surface area contributed by atoms with Crippen LogP contribution < -0.4 is 0 Å². The fourth-order valence-electron chi connectivity index (χ4n) is 2.38. The van der Waals surface area contributed by atoms with Gasteiger partial charge in [0.25, 0.3) is 5.69 Å². The number of ketones is 1. The average Bonchev–Trinajstić information content (AvgIpc) is 3.09. The Morgan fingerprint density at radius 3 is 2.36 bits per heavy atom. The molecule has 1 heterocycles. The third-order valence-corrected chi connectivity index (χ3v) is 3.68. The number of hydrogen-bond acceptors (Lipinski definition) is 4. The molecule has 3 rings (SSSR count). The van der Waals surface area contributed by atoms with Gasteiger partial charge in [0, 0.05) is 35.3 Å². The second-order valence-electron chi connectivity index (χ2n) is 5.32. The summed E-state index contributed by atoms with van der Waals surface area (Å²) < 4.78 is 1.82. The monoisotopic (exact) mass is 334 g/mol. The molecule has 6 heteroatoms. The van der Waals surface area contributed by atoms with Crippen LogP contribution >= 0.6 is 0 Å². The number of benzene rings is 2. The number of carbonyl (C=O) groups is 1. The van der Waals surface area contributed by atoms with Crippen LogP contribution in [0.4, 0.5) is 5.69 Å². The highest BCUT2D eigenvalue weighted by atomic mass is 16.6. The fourth-order valence-corrected chi connectivity index (χ4v) is 2.38. The van der Waals surface area contributed by atoms with Crippen molar-refractivity contribution in [1.29, 1.82) is 0 Å². The first-order valence-electron chi connectivity index (χ1n) is 7.48. The highest BCUT2D eigenvalue weighted by molar-refractivity contribution is 6.06. The highest BCUT2D eigenvalue weighted by Gasteiger charge is 2.07. The van der Waals surface area contributed by atoms with Crippen LogP contribution in [0.25, 0.3) is 11.8 Å². The molecule has 2 aromatic carbocycles. The van der Waals surface area contributed by atoms with Crippen molar-refractivity contribution in [3.05, 3.63) is 94.3 Å². The van der Waals surface area contributed by atoms with Gasteiger partial charge in [0.1, 0.15) is 5.75 Å². The summed E-state index contributed by atoms with van der Waals surface area (Å²) >= 11 is 0. The minimum Gasteiger partial charge on any atom is -0.508 e. The summed E-state index contributed by atoms with van der Waals surface area (Å²) in [7, 11) is 0. The number of nitro groups is 1. The third-order valence-electron chi connectivity index (χ3n) is 3.68. The summed E-state index contributed by atoms with van der Waals surface area (Å²) in [6.45, 7) is 0. The van der Waals surface area contributed by atoms with E-state index in [9.17, 15) is 20.0 Å². The quantitative estimate of drug-likeness (QED) is 0.331. The maximum absolute atomic E-state index is 12.2. The molecule has 0 radical (unpaired) electrons. The van der Waals surface area contributed by atoms with Crippen molar-refractivity contribution in [3.8, 4) is 11.4 Å². The molecule has 0 bridgehead atoms. The average molecular weight is 334 g/mol. The second kappa shape index (κ2) is 6.84. The van der Waals surface area contributed by atoms with Crippen LogP contribution in [0.3, 0.4) is 0 Å². The lowest BCUT2D eigenvalue weighted by Gasteiger charge is -2.06. The van der Waals surface area contributed by atoms with Crippen LogP contribution in [0.5, 0.6) is 5.75 Å². The van der Waals surface area contributed by atoms with Crippen LogP contribution in [0.1, 0.15) is 16.1 Å². The maximum Gasteiger partial charge on any atom is 0.269 e. The molecule has 6 nitrogen and oxygen atoms in total. The zero-order valence-electron chi connectivity index (χ0n) is 13.1. The summed E-state index contributed by atoms with van der Waals surface area (Å²) in [6.07, 6.45) is 4.94. The number of carbonyl (C=O) groups excluding carboxylic acids is 1. The Morgan fingerprint density at radius 1 is 1.04 bits per heavy atom. The normalized spacial score (nSPS) is 10.9. The molecule has 0 aliphatic carbocycles. The number of nitrogens with zero attached hydrogens (tertiary/aromatic N) is 2. The van der Waals surface area contributed by atoms with Gasteiger partial charge in [-0.15, -0.1) is 0 Å². The van der Waals surface area contributed by atoms with Crippen molar-refractivity contribution in [3.63, 3.8) is 0 Å². The lowest BCUT2D eigenvalue weighted by Crippen LogP contribution is -1.97. The standard InChI is InChI=1S/C19H14N2O4/c22-18-10-3-14(4-11-18)19(23)12-9-15-2-1-13-20(15)16-5-7-17(8-6-16)21(24)25/h1-13,22H/b12-9+. The van der Waals surface area contributed by atoms with Gasteiger partial charge in [0.2, 0.25) is 0 Å². The van der Waals surface area contributed by atoms with E-state index < -0.39 is 4.92 Å². The number of allylic oxidation sites excluding steroid dienone is 1. The molecular weight excluding hydrogens is 320 g/mol. The summed E-state index contributed by atoms with van der Waals surface area (Å²) in [4.78, 5) is 22.5. The minimum atomic E-state index is -0.448. The summed E-state index contributed by atoms with van der Waals surface area (Å²) in [5.41, 5.74) is 2.02. The molecule has 1 N–H and O–H groups in total. The predicted octanol–water partition coefficient (Wildman–Crippen LogP) is 3.99. The van der Waals surface area contributed by atoms with Gasteiger partial charge >= 0.3 is 0 Å². The van der Waals surface area contributed by atoms with Crippen molar-refractivity contribution >= 4 is 17.5 Å². The van der Waals surface area contributed by atoms with E-state index in [2.05, 4.69) is 0 Å². The van der Waals surface area contributed by atoms with Gasteiger partial charge in [-0.25, -0.2) is 0 Å². The zero-order chi connectivity index (χ0) is 17.8. The Kier molecular flexibility index (Phi) is 4.43. The Labute approximate surface area is 143 Å². The van der Waals surface area contributed by atoms with Crippen molar-refractivity contribution < 1.29 is 14.8 Å². The molecule has 0 atom stereocenters. The van der Waals surface area contributed by atoms with Gasteiger partial charge in [-0.05, 0) is 60.7 Å². The number of rotatable bonds is 5. The number of phenols is 1. The smallest absolute Gasteiger partial charge is 0.269 e. The van der Waals surface area contributed by atoms with Crippen LogP contribution in [0.15, 0.2) is 72.9 Å². The minimum absolute atomic E-state index is 0.0236. The van der Waals surface area contributed by atoms with Crippen LogP contribution in [-0.2, 0) is 0 Å². The van der Waals surface area contributed by atoms with E-state index in [1.165, 1.54) is 30.3 Å². The molecule has 1 aromatic heterocycles. The Hall–Kier alpha value is -3.67. The van der Waals surface area contributed by atoms with E-state index >= 15 is 0 Å². The van der Waals surface area contributed by atoms with E-state index in [1.807, 2.05) is 22.9 Å². The molecule has 0 aliphatic rings. The molecule has 3 aromatic rings. The first kappa shape index (κ1) is 16.2. The topological polar surface area (TPSA) is 85.4 Å². The third kappa shape index (κ3) is 3.64. The first-order valence-corrected chi connectivity index (χ1v) is 7.48. The first-order chi connectivity index (χ1) is 12.0. The van der Waals surface area contributed by atoms with Crippen molar-refractivity contribution in [1.82, 2.24) is 4.57 Å². The lowest BCUT2D eigenvalue weighted by molar-refractivity contribution is -0.384. The fraction of sp³-hybridized carbons (Fsp3) is 0. The van der Waals surface area contributed by atoms with E-state index in [1.54, 1.807) is 30.3 Å². The van der Waals surface area contributed by atoms with Gasteiger partial charge in [-0.2, -0.15) is 0 Å². The number of aromatic hydroxyl groups is 1. The largest absolute Gasteiger partial charge is 0.508 e. The maximum atomic E-state index is 12.2. The molecule has 0 spiro atoms. The molecule has 0 saturated heterocycles. The van der Waals surface area contributed by atoms with Crippen LogP contribution in [-0.4, -0.2) is 20.4 Å². The van der Waals surface area contributed by atoms with Gasteiger partial charge < -0.3 is 9.67 Å². The van der Waals surface area contributed by atoms with E-state index in [4.69, 9.17) is 0 Å². The highest BCUT2D eigenvalue weighted by Crippen LogP contribution is 2.18. The molecule has 0 unspecified atom stereocenters. The molecule has 0 amide bonds. The number of nitro benzene ring substituents is 1. The van der Waals surface area contributed by atoms with Gasteiger partial charge in [0.05, 0.1) is 4.92 Å². The zero-order valence-corrected chi connectivity index (χ0v) is 13.1. The van der Waals surface area contributed by atoms with Crippen LogP contribution in [0.2, 0.25) is 0 Å². The molecule has 0 aliphatic heterocycles.